The van der Waals surface area contributed by atoms with Gasteiger partial charge in [0.2, 0.25) is 0 Å². The fourth-order valence-electron chi connectivity index (χ4n) is 1.36. The van der Waals surface area contributed by atoms with Gasteiger partial charge in [0, 0.05) is 13.2 Å². The molecule has 0 rings (SSSR count). The molecule has 0 heterocycles. The second-order valence-electron chi connectivity index (χ2n) is 3.95. The lowest BCUT2D eigenvalue weighted by atomic mass is 10.2. The lowest BCUT2D eigenvalue weighted by Gasteiger charge is -2.03. The number of unbranched alkanes of at least 4 members (excludes halogenated alkanes) is 6. The molecule has 0 aliphatic heterocycles. The third-order valence-electron chi connectivity index (χ3n) is 2.28. The largest absolute Gasteiger partial charge is 0.750 e. The molecule has 1 unspecified atom stereocenters. The number of ether oxygens (including phenoxy) is 1. The Balaban J connectivity index is 0. The highest BCUT2D eigenvalue weighted by Crippen LogP contribution is 2.01. The highest BCUT2D eigenvalue weighted by Gasteiger charge is 1.90. The Hall–Kier alpha value is 0.0300. The molecule has 0 spiro atoms. The van der Waals surface area contributed by atoms with E-state index in [-0.39, 0.29) is 0 Å². The maximum atomic E-state index is 8.56. The minimum atomic E-state index is -2.86. The Morgan fingerprint density at radius 2 is 1.29 bits per heavy atom. The van der Waals surface area contributed by atoms with Gasteiger partial charge in [-0.1, -0.05) is 52.4 Å². The zero-order valence-electron chi connectivity index (χ0n) is 11.2. The SMILES string of the molecule is CCCCCCOCCCCCC.O=S([O-])O. The summed E-state index contributed by atoms with van der Waals surface area (Å²) in [5.41, 5.74) is 0. The third-order valence-corrected chi connectivity index (χ3v) is 2.28. The summed E-state index contributed by atoms with van der Waals surface area (Å²) in [7, 11) is 0. The van der Waals surface area contributed by atoms with Crippen LogP contribution >= 0.6 is 0 Å². The van der Waals surface area contributed by atoms with E-state index in [9.17, 15) is 0 Å². The van der Waals surface area contributed by atoms with Crippen molar-refractivity contribution in [2.24, 2.45) is 0 Å². The Morgan fingerprint density at radius 3 is 1.59 bits per heavy atom. The first-order valence-electron chi connectivity index (χ1n) is 6.51. The van der Waals surface area contributed by atoms with Crippen LogP contribution in [0.1, 0.15) is 65.2 Å². The van der Waals surface area contributed by atoms with E-state index < -0.39 is 11.4 Å². The van der Waals surface area contributed by atoms with Gasteiger partial charge in [-0.2, -0.15) is 0 Å². The zero-order chi connectivity index (χ0) is 13.4. The Labute approximate surface area is 108 Å². The molecular weight excluding hydrogens is 240 g/mol. The molecule has 0 aromatic rings. The van der Waals surface area contributed by atoms with Crippen LogP contribution in [0.4, 0.5) is 0 Å². The maximum Gasteiger partial charge on any atom is 0.0814 e. The second kappa shape index (κ2) is 18.4. The fourth-order valence-corrected chi connectivity index (χ4v) is 1.36. The van der Waals surface area contributed by atoms with Crippen molar-refractivity contribution in [3.8, 4) is 0 Å². The van der Waals surface area contributed by atoms with Crippen LogP contribution in [0.25, 0.3) is 0 Å². The van der Waals surface area contributed by atoms with Gasteiger partial charge in [-0.15, -0.1) is 0 Å². The quantitative estimate of drug-likeness (QED) is 0.486. The van der Waals surface area contributed by atoms with E-state index in [1.165, 1.54) is 51.4 Å². The third kappa shape index (κ3) is 31.4. The van der Waals surface area contributed by atoms with Gasteiger partial charge in [0.05, 0.1) is 11.4 Å². The van der Waals surface area contributed by atoms with E-state index in [0.717, 1.165) is 13.2 Å². The molecule has 0 bridgehead atoms. The molecule has 0 amide bonds. The number of rotatable bonds is 10. The minimum Gasteiger partial charge on any atom is -0.750 e. The summed E-state index contributed by atoms with van der Waals surface area (Å²) in [5, 5.41) is 0. The number of hydrogen-bond acceptors (Lipinski definition) is 3. The summed E-state index contributed by atoms with van der Waals surface area (Å²) < 4.78 is 29.6. The van der Waals surface area contributed by atoms with Crippen molar-refractivity contribution >= 4 is 11.4 Å². The Bertz CT molecular complexity index is 139. The fraction of sp³-hybridized carbons (Fsp3) is 1.00. The Kier molecular flexibility index (Phi) is 21.0. The van der Waals surface area contributed by atoms with Crippen LogP contribution in [-0.2, 0) is 16.1 Å². The van der Waals surface area contributed by atoms with E-state index >= 15 is 0 Å². The van der Waals surface area contributed by atoms with Crippen molar-refractivity contribution in [1.29, 1.82) is 0 Å². The predicted octanol–water partition coefficient (Wildman–Crippen LogP) is 3.50. The highest BCUT2D eigenvalue weighted by molar-refractivity contribution is 7.73. The van der Waals surface area contributed by atoms with Crippen LogP contribution in [0.5, 0.6) is 0 Å². The summed E-state index contributed by atoms with van der Waals surface area (Å²) in [4.78, 5) is 0. The van der Waals surface area contributed by atoms with E-state index in [2.05, 4.69) is 13.8 Å². The smallest absolute Gasteiger partial charge is 0.0814 e. The van der Waals surface area contributed by atoms with Gasteiger partial charge in [-0.05, 0) is 12.8 Å². The average Bonchev–Trinajstić information content (AvgIpc) is 2.26. The van der Waals surface area contributed by atoms with Crippen molar-refractivity contribution in [3.63, 3.8) is 0 Å². The van der Waals surface area contributed by atoms with E-state index in [1.807, 2.05) is 0 Å². The van der Waals surface area contributed by atoms with Crippen LogP contribution < -0.4 is 0 Å². The molecule has 0 aliphatic rings. The summed E-state index contributed by atoms with van der Waals surface area (Å²) in [6, 6.07) is 0. The summed E-state index contributed by atoms with van der Waals surface area (Å²) in [6.07, 6.45) is 10.5. The van der Waals surface area contributed by atoms with Gasteiger partial charge in [-0.3, -0.25) is 0 Å². The standard InChI is InChI=1S/C12H26O.H2O3S/c1-3-5-7-9-11-13-12-10-8-6-4-2;1-4(2)3/h3-12H2,1-2H3;(H2,1,2,3)/p-1. The summed E-state index contributed by atoms with van der Waals surface area (Å²) in [5.74, 6) is 0. The van der Waals surface area contributed by atoms with Crippen molar-refractivity contribution in [3.05, 3.63) is 0 Å². The molecule has 1 N–H and O–H groups in total. The van der Waals surface area contributed by atoms with Gasteiger partial charge in [0.25, 0.3) is 0 Å². The first-order valence-corrected chi connectivity index (χ1v) is 7.54. The molecule has 0 aromatic carbocycles. The molecule has 106 valence electrons. The molecule has 0 aromatic heterocycles. The van der Waals surface area contributed by atoms with Gasteiger partial charge in [-0.25, -0.2) is 4.21 Å². The van der Waals surface area contributed by atoms with Crippen molar-refractivity contribution in [2.75, 3.05) is 13.2 Å². The summed E-state index contributed by atoms with van der Waals surface area (Å²) in [6.45, 7) is 6.44. The average molecular weight is 267 g/mol. The minimum absolute atomic E-state index is 0.978. The van der Waals surface area contributed by atoms with E-state index in [4.69, 9.17) is 18.1 Å². The van der Waals surface area contributed by atoms with Crippen molar-refractivity contribution in [1.82, 2.24) is 0 Å². The lowest BCUT2D eigenvalue weighted by molar-refractivity contribution is 0.126. The normalized spacial score (nSPS) is 11.8. The highest BCUT2D eigenvalue weighted by atomic mass is 32.2. The number of hydrogen-bond donors (Lipinski definition) is 1. The molecule has 17 heavy (non-hydrogen) atoms. The molecule has 0 saturated carbocycles. The van der Waals surface area contributed by atoms with Crippen LogP contribution in [0.3, 0.4) is 0 Å². The van der Waals surface area contributed by atoms with Crippen LogP contribution in [0.15, 0.2) is 0 Å². The van der Waals surface area contributed by atoms with Gasteiger partial charge < -0.3 is 13.8 Å². The van der Waals surface area contributed by atoms with Crippen LogP contribution in [0.2, 0.25) is 0 Å². The van der Waals surface area contributed by atoms with Gasteiger partial charge in [0.15, 0.2) is 0 Å². The topological polar surface area (TPSA) is 69.6 Å². The molecule has 0 aliphatic carbocycles. The first-order chi connectivity index (χ1) is 8.15. The van der Waals surface area contributed by atoms with Gasteiger partial charge >= 0.3 is 0 Å². The monoisotopic (exact) mass is 267 g/mol. The molecule has 0 fully saturated rings. The van der Waals surface area contributed by atoms with E-state index in [0.29, 0.717) is 0 Å². The van der Waals surface area contributed by atoms with Crippen LogP contribution in [-0.4, -0.2) is 26.5 Å². The van der Waals surface area contributed by atoms with E-state index in [1.54, 1.807) is 0 Å². The lowest BCUT2D eigenvalue weighted by Crippen LogP contribution is -1.96. The van der Waals surface area contributed by atoms with Crippen molar-refractivity contribution < 1.29 is 18.1 Å². The van der Waals surface area contributed by atoms with Gasteiger partial charge in [0.1, 0.15) is 0 Å². The molecule has 0 radical (unpaired) electrons. The Morgan fingerprint density at radius 1 is 0.941 bits per heavy atom. The molecule has 0 saturated heterocycles. The zero-order valence-corrected chi connectivity index (χ0v) is 12.0. The maximum absolute atomic E-state index is 8.56. The molecule has 4 nitrogen and oxygen atoms in total. The van der Waals surface area contributed by atoms with Crippen molar-refractivity contribution in [2.45, 2.75) is 65.2 Å². The summed E-state index contributed by atoms with van der Waals surface area (Å²) >= 11 is -2.86. The molecule has 1 atom stereocenters. The predicted molar refractivity (Wildman–Crippen MR) is 70.7 cm³/mol. The van der Waals surface area contributed by atoms with Crippen LogP contribution in [0, 0.1) is 0 Å². The molecular formula is C12H27O4S-. The second-order valence-corrected chi connectivity index (χ2v) is 4.39. The first kappa shape index (κ1) is 19.4. The molecule has 5 heteroatoms.